The summed E-state index contributed by atoms with van der Waals surface area (Å²) >= 11 is 0. The lowest BCUT2D eigenvalue weighted by molar-refractivity contribution is -0.111. The van der Waals surface area contributed by atoms with Gasteiger partial charge in [0.1, 0.15) is 5.75 Å². The van der Waals surface area contributed by atoms with E-state index in [4.69, 9.17) is 0 Å². The van der Waals surface area contributed by atoms with Gasteiger partial charge in [0.25, 0.3) is 5.91 Å². The van der Waals surface area contributed by atoms with E-state index < -0.39 is 0 Å². The molecule has 0 saturated heterocycles. The smallest absolute Gasteiger partial charge is 0.254 e. The molecule has 2 aromatic rings. The molecule has 146 valence electrons. The molecule has 0 aromatic heterocycles. The molecule has 1 heterocycles. The van der Waals surface area contributed by atoms with E-state index in [1.807, 2.05) is 50.2 Å². The Morgan fingerprint density at radius 2 is 2.00 bits per heavy atom. The molecular weight excluding hydrogens is 354 g/mol. The number of nitrogens with zero attached hydrogens (tertiary/aromatic N) is 2. The van der Waals surface area contributed by atoms with Crippen molar-refractivity contribution >= 4 is 17.5 Å². The number of phenols is 1. The van der Waals surface area contributed by atoms with Crippen LogP contribution in [0.4, 0.5) is 5.69 Å². The monoisotopic (exact) mass is 379 g/mol. The Labute approximate surface area is 165 Å². The first-order valence-electron chi connectivity index (χ1n) is 9.17. The molecule has 6 nitrogen and oxygen atoms in total. The number of nitrogens with one attached hydrogen (secondary N) is 1. The third kappa shape index (κ3) is 4.40. The van der Waals surface area contributed by atoms with Crippen molar-refractivity contribution in [3.63, 3.8) is 0 Å². The van der Waals surface area contributed by atoms with Crippen molar-refractivity contribution in [3.05, 3.63) is 70.8 Å². The number of phenolic OH excluding ortho intramolecular Hbond substituents is 1. The summed E-state index contributed by atoms with van der Waals surface area (Å²) < 4.78 is 0. The predicted molar refractivity (Wildman–Crippen MR) is 109 cm³/mol. The number of fused-ring (bicyclic) bond motifs is 1. The average molecular weight is 379 g/mol. The molecule has 2 amide bonds. The molecule has 0 aliphatic carbocycles. The van der Waals surface area contributed by atoms with Gasteiger partial charge in [-0.2, -0.15) is 0 Å². The van der Waals surface area contributed by atoms with Crippen molar-refractivity contribution in [1.29, 1.82) is 0 Å². The van der Waals surface area contributed by atoms with E-state index in [1.54, 1.807) is 17.0 Å². The number of carbonyl (C=O) groups excluding carboxylic acids is 2. The van der Waals surface area contributed by atoms with Gasteiger partial charge in [-0.3, -0.25) is 9.59 Å². The maximum Gasteiger partial charge on any atom is 0.254 e. The molecule has 2 N–H and O–H groups in total. The first-order chi connectivity index (χ1) is 13.3. The Morgan fingerprint density at radius 1 is 1.21 bits per heavy atom. The van der Waals surface area contributed by atoms with Gasteiger partial charge in [-0.15, -0.1) is 0 Å². The SMILES string of the molecule is Cc1cc(O)ccc1C(=O)N1Cc2cccc(NC(=O)/C=C/CN(C)C)c2C1. The quantitative estimate of drug-likeness (QED) is 0.784. The molecule has 0 fully saturated rings. The Balaban J connectivity index is 1.74. The highest BCUT2D eigenvalue weighted by Crippen LogP contribution is 2.31. The third-order valence-electron chi connectivity index (χ3n) is 4.71. The number of amides is 2. The topological polar surface area (TPSA) is 72.9 Å². The molecule has 0 atom stereocenters. The molecule has 0 radical (unpaired) electrons. The van der Waals surface area contributed by atoms with Crippen LogP contribution in [0.2, 0.25) is 0 Å². The number of carbonyl (C=O) groups is 2. The normalized spacial score (nSPS) is 13.2. The summed E-state index contributed by atoms with van der Waals surface area (Å²) in [7, 11) is 3.88. The summed E-state index contributed by atoms with van der Waals surface area (Å²) in [5.74, 6) is -0.127. The van der Waals surface area contributed by atoms with Crippen LogP contribution in [0.25, 0.3) is 0 Å². The van der Waals surface area contributed by atoms with Crippen LogP contribution in [-0.2, 0) is 17.9 Å². The number of anilines is 1. The molecule has 6 heteroatoms. The molecule has 0 unspecified atom stereocenters. The van der Waals surface area contributed by atoms with Crippen LogP contribution in [0.3, 0.4) is 0 Å². The van der Waals surface area contributed by atoms with E-state index in [2.05, 4.69) is 5.32 Å². The minimum absolute atomic E-state index is 0.0862. The van der Waals surface area contributed by atoms with Gasteiger partial charge in [0.15, 0.2) is 0 Å². The van der Waals surface area contributed by atoms with Gasteiger partial charge in [-0.25, -0.2) is 0 Å². The zero-order valence-corrected chi connectivity index (χ0v) is 16.4. The molecule has 3 rings (SSSR count). The van der Waals surface area contributed by atoms with Gasteiger partial charge in [-0.1, -0.05) is 18.2 Å². The lowest BCUT2D eigenvalue weighted by Crippen LogP contribution is -2.26. The van der Waals surface area contributed by atoms with Gasteiger partial charge in [0, 0.05) is 42.5 Å². The number of rotatable bonds is 5. The standard InChI is InChI=1S/C22H25N3O3/c1-15-12-17(26)9-10-18(15)22(28)25-13-16-6-4-7-20(19(16)14-25)23-21(27)8-5-11-24(2)3/h4-10,12,26H,11,13-14H2,1-3H3,(H,23,27)/b8-5+. The maximum absolute atomic E-state index is 12.9. The van der Waals surface area contributed by atoms with Crippen molar-refractivity contribution in [3.8, 4) is 5.75 Å². The largest absolute Gasteiger partial charge is 0.508 e. The van der Waals surface area contributed by atoms with Crippen LogP contribution in [-0.4, -0.2) is 47.4 Å². The summed E-state index contributed by atoms with van der Waals surface area (Å²) in [5.41, 5.74) is 4.03. The highest BCUT2D eigenvalue weighted by molar-refractivity contribution is 6.00. The third-order valence-corrected chi connectivity index (χ3v) is 4.71. The van der Waals surface area contributed by atoms with E-state index in [9.17, 15) is 14.7 Å². The van der Waals surface area contributed by atoms with Crippen LogP contribution >= 0.6 is 0 Å². The second kappa shape index (κ2) is 8.27. The van der Waals surface area contributed by atoms with Crippen molar-refractivity contribution < 1.29 is 14.7 Å². The Bertz CT molecular complexity index is 935. The van der Waals surface area contributed by atoms with E-state index in [0.717, 1.165) is 22.4 Å². The first kappa shape index (κ1) is 19.6. The van der Waals surface area contributed by atoms with E-state index in [-0.39, 0.29) is 17.6 Å². The van der Waals surface area contributed by atoms with Crippen LogP contribution in [0.15, 0.2) is 48.6 Å². The van der Waals surface area contributed by atoms with Gasteiger partial charge in [0.2, 0.25) is 5.91 Å². The summed E-state index contributed by atoms with van der Waals surface area (Å²) in [4.78, 5) is 28.8. The molecule has 1 aliphatic rings. The zero-order valence-electron chi connectivity index (χ0n) is 16.4. The highest BCUT2D eigenvalue weighted by atomic mass is 16.3. The Kier molecular flexibility index (Phi) is 5.80. The highest BCUT2D eigenvalue weighted by Gasteiger charge is 2.27. The van der Waals surface area contributed by atoms with E-state index in [0.29, 0.717) is 25.2 Å². The summed E-state index contributed by atoms with van der Waals surface area (Å²) in [6.07, 6.45) is 3.33. The van der Waals surface area contributed by atoms with Gasteiger partial charge in [-0.05, 0) is 56.4 Å². The fraction of sp³-hybridized carbons (Fsp3) is 0.273. The number of aromatic hydroxyl groups is 1. The fourth-order valence-electron chi connectivity index (χ4n) is 3.29. The van der Waals surface area contributed by atoms with Crippen molar-refractivity contribution in [2.75, 3.05) is 26.0 Å². The molecular formula is C22H25N3O3. The molecule has 0 saturated carbocycles. The first-order valence-corrected chi connectivity index (χ1v) is 9.17. The van der Waals surface area contributed by atoms with E-state index in [1.165, 1.54) is 12.1 Å². The number of hydrogen-bond acceptors (Lipinski definition) is 4. The minimum Gasteiger partial charge on any atom is -0.508 e. The van der Waals surface area contributed by atoms with Crippen LogP contribution < -0.4 is 5.32 Å². The van der Waals surface area contributed by atoms with Gasteiger partial charge < -0.3 is 20.2 Å². The molecule has 0 bridgehead atoms. The number of benzene rings is 2. The lowest BCUT2D eigenvalue weighted by atomic mass is 10.1. The number of hydrogen-bond donors (Lipinski definition) is 2. The van der Waals surface area contributed by atoms with Crippen LogP contribution in [0.5, 0.6) is 5.75 Å². The molecule has 1 aliphatic heterocycles. The number of likely N-dealkylation sites (N-methyl/N-ethyl adjacent to an activating group) is 1. The second-order valence-electron chi connectivity index (χ2n) is 7.26. The maximum atomic E-state index is 12.9. The Hall–Kier alpha value is -3.12. The second-order valence-corrected chi connectivity index (χ2v) is 7.26. The molecule has 0 spiro atoms. The average Bonchev–Trinajstić information content (AvgIpc) is 3.06. The van der Waals surface area contributed by atoms with Crippen LogP contribution in [0, 0.1) is 6.92 Å². The van der Waals surface area contributed by atoms with Crippen LogP contribution in [0.1, 0.15) is 27.0 Å². The van der Waals surface area contributed by atoms with Gasteiger partial charge in [0.05, 0.1) is 0 Å². The van der Waals surface area contributed by atoms with E-state index >= 15 is 0 Å². The summed E-state index contributed by atoms with van der Waals surface area (Å²) in [6, 6.07) is 10.5. The van der Waals surface area contributed by atoms with Crippen molar-refractivity contribution in [2.45, 2.75) is 20.0 Å². The minimum atomic E-state index is -0.186. The van der Waals surface area contributed by atoms with Crippen molar-refractivity contribution in [1.82, 2.24) is 9.80 Å². The lowest BCUT2D eigenvalue weighted by Gasteiger charge is -2.17. The van der Waals surface area contributed by atoms with Crippen molar-refractivity contribution in [2.24, 2.45) is 0 Å². The Morgan fingerprint density at radius 3 is 2.71 bits per heavy atom. The predicted octanol–water partition coefficient (Wildman–Crippen LogP) is 2.91. The molecule has 28 heavy (non-hydrogen) atoms. The number of aryl methyl sites for hydroxylation is 1. The molecule has 2 aromatic carbocycles. The zero-order chi connectivity index (χ0) is 20.3. The summed E-state index contributed by atoms with van der Waals surface area (Å²) in [6.45, 7) is 3.43. The summed E-state index contributed by atoms with van der Waals surface area (Å²) in [5, 5.41) is 12.5. The fourth-order valence-corrected chi connectivity index (χ4v) is 3.29. The van der Waals surface area contributed by atoms with Gasteiger partial charge >= 0.3 is 0 Å².